The van der Waals surface area contributed by atoms with Crippen LogP contribution in [0.4, 0.5) is 0 Å². The third-order valence-electron chi connectivity index (χ3n) is 3.12. The molecule has 0 fully saturated rings. The molecule has 8 heteroatoms. The molecule has 0 atom stereocenters. The summed E-state index contributed by atoms with van der Waals surface area (Å²) < 4.78 is 10.8. The minimum atomic E-state index is -0.223. The quantitative estimate of drug-likeness (QED) is 0.404. The van der Waals surface area contributed by atoms with Crippen molar-refractivity contribution in [1.82, 2.24) is 5.43 Å². The van der Waals surface area contributed by atoms with E-state index in [1.54, 1.807) is 13.2 Å². The van der Waals surface area contributed by atoms with Crippen LogP contribution in [0.25, 0.3) is 0 Å². The van der Waals surface area contributed by atoms with Gasteiger partial charge in [-0.15, -0.1) is 11.8 Å². The molecule has 2 N–H and O–H groups in total. The highest BCUT2D eigenvalue weighted by molar-refractivity contribution is 9.10. The molecule has 0 aliphatic rings. The number of carbonyl (C=O) groups is 1. The monoisotopic (exact) mass is 424 g/mol. The van der Waals surface area contributed by atoms with Crippen molar-refractivity contribution in [1.29, 1.82) is 0 Å². The summed E-state index contributed by atoms with van der Waals surface area (Å²) in [7, 11) is 3.07. The lowest BCUT2D eigenvalue weighted by molar-refractivity contribution is -0.118. The number of ether oxygens (including phenoxy) is 2. The number of thioether (sulfide) groups is 1. The molecule has 2 rings (SSSR count). The predicted octanol–water partition coefficient (Wildman–Crippen LogP) is 3.41. The van der Waals surface area contributed by atoms with Gasteiger partial charge in [-0.25, -0.2) is 5.43 Å². The van der Waals surface area contributed by atoms with Crippen LogP contribution in [0, 0.1) is 0 Å². The maximum atomic E-state index is 11.8. The lowest BCUT2D eigenvalue weighted by atomic mass is 10.2. The molecule has 2 aromatic carbocycles. The highest BCUT2D eigenvalue weighted by Gasteiger charge is 2.07. The summed E-state index contributed by atoms with van der Waals surface area (Å²) in [6.07, 6.45) is 1.47. The molecule has 25 heavy (non-hydrogen) atoms. The standard InChI is InChI=1S/C17H17BrN2O4S/c1-23-12-3-5-13(6-4-12)25-10-17(22)20-19-9-11-7-16(24-2)15(21)8-14(11)18/h3-9,21H,10H2,1-2H3,(H,20,22)/b19-9+. The van der Waals surface area contributed by atoms with Gasteiger partial charge in [-0.05, 0) is 52.3 Å². The Morgan fingerprint density at radius 2 is 2.00 bits per heavy atom. The van der Waals surface area contributed by atoms with Crippen LogP contribution < -0.4 is 14.9 Å². The van der Waals surface area contributed by atoms with Crippen LogP contribution in [0.5, 0.6) is 17.2 Å². The van der Waals surface area contributed by atoms with E-state index in [-0.39, 0.29) is 17.4 Å². The van der Waals surface area contributed by atoms with E-state index >= 15 is 0 Å². The Morgan fingerprint density at radius 3 is 2.64 bits per heavy atom. The van der Waals surface area contributed by atoms with Gasteiger partial charge in [-0.1, -0.05) is 0 Å². The first-order valence-electron chi connectivity index (χ1n) is 7.18. The number of phenolic OH excluding ortho intramolecular Hbond substituents is 1. The molecule has 2 aromatic rings. The number of halogens is 1. The number of carbonyl (C=O) groups excluding carboxylic acids is 1. The molecule has 132 valence electrons. The molecule has 0 spiro atoms. The van der Waals surface area contributed by atoms with Crippen LogP contribution in [-0.2, 0) is 4.79 Å². The fraction of sp³-hybridized carbons (Fsp3) is 0.176. The van der Waals surface area contributed by atoms with Crippen LogP contribution in [0.1, 0.15) is 5.56 Å². The maximum absolute atomic E-state index is 11.8. The summed E-state index contributed by atoms with van der Waals surface area (Å²) in [5, 5.41) is 13.6. The third kappa shape index (κ3) is 5.68. The molecule has 0 saturated carbocycles. The van der Waals surface area contributed by atoms with Crippen molar-refractivity contribution in [3.63, 3.8) is 0 Å². The molecule has 0 aliphatic heterocycles. The van der Waals surface area contributed by atoms with Crippen molar-refractivity contribution in [2.45, 2.75) is 4.90 Å². The molecule has 0 saturated heterocycles. The van der Waals surface area contributed by atoms with Crippen molar-refractivity contribution < 1.29 is 19.4 Å². The van der Waals surface area contributed by atoms with Crippen molar-refractivity contribution in [3.8, 4) is 17.2 Å². The number of hydrogen-bond acceptors (Lipinski definition) is 6. The number of amides is 1. The first-order valence-corrected chi connectivity index (χ1v) is 8.96. The molecule has 1 amide bonds. The van der Waals surface area contributed by atoms with Crippen LogP contribution in [0.15, 0.2) is 50.9 Å². The maximum Gasteiger partial charge on any atom is 0.250 e. The van der Waals surface area contributed by atoms with E-state index in [1.807, 2.05) is 24.3 Å². The molecule has 0 heterocycles. The van der Waals surface area contributed by atoms with E-state index in [0.717, 1.165) is 10.6 Å². The highest BCUT2D eigenvalue weighted by Crippen LogP contribution is 2.31. The molecule has 0 radical (unpaired) electrons. The normalized spacial score (nSPS) is 10.7. The Labute approximate surface area is 158 Å². The summed E-state index contributed by atoms with van der Waals surface area (Å²) >= 11 is 4.72. The molecule has 0 aromatic heterocycles. The van der Waals surface area contributed by atoms with Gasteiger partial charge in [0.2, 0.25) is 5.91 Å². The number of nitrogens with one attached hydrogen (secondary N) is 1. The molecule has 6 nitrogen and oxygen atoms in total. The number of nitrogens with zero attached hydrogens (tertiary/aromatic N) is 1. The van der Waals surface area contributed by atoms with Crippen molar-refractivity contribution in [2.75, 3.05) is 20.0 Å². The van der Waals surface area contributed by atoms with Gasteiger partial charge in [-0.3, -0.25) is 4.79 Å². The predicted molar refractivity (Wildman–Crippen MR) is 102 cm³/mol. The Balaban J connectivity index is 1.87. The lowest BCUT2D eigenvalue weighted by Gasteiger charge is -2.06. The van der Waals surface area contributed by atoms with Gasteiger partial charge in [0, 0.05) is 14.9 Å². The van der Waals surface area contributed by atoms with E-state index in [2.05, 4.69) is 26.5 Å². The first kappa shape index (κ1) is 19.1. The van der Waals surface area contributed by atoms with Gasteiger partial charge < -0.3 is 14.6 Å². The van der Waals surface area contributed by atoms with Gasteiger partial charge in [-0.2, -0.15) is 5.10 Å². The Kier molecular flexibility index (Phi) is 7.15. The Bertz CT molecular complexity index is 766. The number of aromatic hydroxyl groups is 1. The zero-order chi connectivity index (χ0) is 18.2. The fourth-order valence-corrected chi connectivity index (χ4v) is 2.97. The summed E-state index contributed by atoms with van der Waals surface area (Å²) in [4.78, 5) is 12.8. The summed E-state index contributed by atoms with van der Waals surface area (Å²) in [5.74, 6) is 1.13. The van der Waals surface area contributed by atoms with Crippen LogP contribution in [0.2, 0.25) is 0 Å². The zero-order valence-corrected chi connectivity index (χ0v) is 16.1. The van der Waals surface area contributed by atoms with Crippen molar-refractivity contribution in [2.24, 2.45) is 5.10 Å². The molecule has 0 aliphatic carbocycles. The van der Waals surface area contributed by atoms with E-state index in [0.29, 0.717) is 15.8 Å². The average Bonchev–Trinajstić information content (AvgIpc) is 2.62. The summed E-state index contributed by atoms with van der Waals surface area (Å²) in [6, 6.07) is 10.6. The van der Waals surface area contributed by atoms with Gasteiger partial charge >= 0.3 is 0 Å². The van der Waals surface area contributed by atoms with Crippen LogP contribution >= 0.6 is 27.7 Å². The second kappa shape index (κ2) is 9.33. The molecular weight excluding hydrogens is 408 g/mol. The van der Waals surface area contributed by atoms with E-state index < -0.39 is 0 Å². The molecule has 0 unspecified atom stereocenters. The highest BCUT2D eigenvalue weighted by atomic mass is 79.9. The smallest absolute Gasteiger partial charge is 0.250 e. The topological polar surface area (TPSA) is 80.2 Å². The lowest BCUT2D eigenvalue weighted by Crippen LogP contribution is -2.19. The van der Waals surface area contributed by atoms with E-state index in [1.165, 1.54) is 31.2 Å². The van der Waals surface area contributed by atoms with E-state index in [4.69, 9.17) is 9.47 Å². The van der Waals surface area contributed by atoms with Crippen molar-refractivity contribution in [3.05, 3.63) is 46.4 Å². The SMILES string of the molecule is COc1ccc(SCC(=O)N/N=C/c2cc(OC)c(O)cc2Br)cc1. The number of benzene rings is 2. The number of hydrazone groups is 1. The van der Waals surface area contributed by atoms with Crippen LogP contribution in [-0.4, -0.2) is 37.2 Å². The number of rotatable bonds is 7. The summed E-state index contributed by atoms with van der Waals surface area (Å²) in [6.45, 7) is 0. The zero-order valence-electron chi connectivity index (χ0n) is 13.7. The summed E-state index contributed by atoms with van der Waals surface area (Å²) in [5.41, 5.74) is 3.13. The van der Waals surface area contributed by atoms with Gasteiger partial charge in [0.1, 0.15) is 5.75 Å². The molecule has 0 bridgehead atoms. The third-order valence-corrected chi connectivity index (χ3v) is 4.82. The largest absolute Gasteiger partial charge is 0.504 e. The minimum absolute atomic E-state index is 0.0199. The first-order chi connectivity index (χ1) is 12.0. The Hall–Kier alpha value is -2.19. The van der Waals surface area contributed by atoms with E-state index in [9.17, 15) is 9.90 Å². The molecular formula is C17H17BrN2O4S. The van der Waals surface area contributed by atoms with Gasteiger partial charge in [0.05, 0.1) is 26.2 Å². The van der Waals surface area contributed by atoms with Crippen molar-refractivity contribution >= 4 is 39.8 Å². The Morgan fingerprint density at radius 1 is 1.28 bits per heavy atom. The van der Waals surface area contributed by atoms with Gasteiger partial charge in [0.25, 0.3) is 0 Å². The van der Waals surface area contributed by atoms with Crippen LogP contribution in [0.3, 0.4) is 0 Å². The number of methoxy groups -OCH3 is 2. The van der Waals surface area contributed by atoms with Gasteiger partial charge in [0.15, 0.2) is 11.5 Å². The fourth-order valence-electron chi connectivity index (χ4n) is 1.85. The minimum Gasteiger partial charge on any atom is -0.504 e. The number of hydrogen-bond donors (Lipinski definition) is 2. The second-order valence-electron chi connectivity index (χ2n) is 4.80. The second-order valence-corrected chi connectivity index (χ2v) is 6.71. The number of phenols is 1. The average molecular weight is 425 g/mol.